The average molecular weight is 1370 g/mol. The molecular weight excluding hydrogens is 1300 g/mol. The topological polar surface area (TPSA) is 153 Å². The van der Waals surface area contributed by atoms with Crippen molar-refractivity contribution in [3.05, 3.63) is 147 Å². The maximum atomic E-state index is 12.9. The largest absolute Gasteiger partial charge is 0.496 e. The van der Waals surface area contributed by atoms with Crippen molar-refractivity contribution in [1.29, 1.82) is 0 Å². The van der Waals surface area contributed by atoms with E-state index in [1.165, 1.54) is 27.4 Å². The fraction of sp³-hybridized carbons (Fsp3) is 0.387. The van der Waals surface area contributed by atoms with Crippen LogP contribution in [-0.2, 0) is 35.2 Å². The molecule has 3 aliphatic rings. The average Bonchev–Trinajstić information content (AvgIpc) is 1.84. The Morgan fingerprint density at radius 3 is 1.53 bits per heavy atom. The lowest BCUT2D eigenvalue weighted by molar-refractivity contribution is -0.127. The summed E-state index contributed by atoms with van der Waals surface area (Å²) in [5.41, 5.74) is 8.00. The molecule has 10 aromatic rings. The summed E-state index contributed by atoms with van der Waals surface area (Å²) in [5, 5.41) is 8.71. The number of aromatic nitrogens is 6. The molecule has 2 aliphatic carbocycles. The van der Waals surface area contributed by atoms with Crippen LogP contribution in [0.3, 0.4) is 0 Å². The molecule has 1 saturated heterocycles. The zero-order valence-electron chi connectivity index (χ0n) is 48.6. The number of hydrogen-bond acceptors (Lipinski definition) is 16. The van der Waals surface area contributed by atoms with Gasteiger partial charge in [0.2, 0.25) is 0 Å². The van der Waals surface area contributed by atoms with Gasteiger partial charge in [0.25, 0.3) is 0 Å². The maximum Gasteiger partial charge on any atom is 0.496 e. The van der Waals surface area contributed by atoms with Gasteiger partial charge in [0.05, 0.1) is 47.3 Å². The van der Waals surface area contributed by atoms with Gasteiger partial charge in [-0.1, -0.05) is 36.4 Å². The molecule has 3 fully saturated rings. The number of rotatable bonds is 14. The van der Waals surface area contributed by atoms with Crippen LogP contribution in [0.25, 0.3) is 53.8 Å². The molecule has 87 heavy (non-hydrogen) atoms. The van der Waals surface area contributed by atoms with E-state index in [-0.39, 0.29) is 39.4 Å². The van der Waals surface area contributed by atoms with Crippen molar-refractivity contribution in [3.63, 3.8) is 0 Å². The second kappa shape index (κ2) is 26.6. The molecular formula is C62H65BClF6IN10O4S2. The van der Waals surface area contributed by atoms with Crippen LogP contribution >= 0.6 is 57.7 Å². The normalized spacial score (nSPS) is 19.1. The number of anilines is 2. The van der Waals surface area contributed by atoms with E-state index in [1.54, 1.807) is 30.9 Å². The van der Waals surface area contributed by atoms with Crippen molar-refractivity contribution < 1.29 is 44.5 Å². The highest BCUT2D eigenvalue weighted by atomic mass is 127. The van der Waals surface area contributed by atoms with E-state index in [0.29, 0.717) is 50.2 Å². The second-order valence-electron chi connectivity index (χ2n) is 23.2. The Bertz CT molecular complexity index is 3930. The zero-order chi connectivity index (χ0) is 60.5. The SMILES string of the molecule is CC1(C)OB(c2cnc3ccoc3c2)OC1(C)C.CN(c1ncnc2sc(CC(F)(F)F)cc12)[C@@H]1CC[C@H](NCc2ccc(-c3cnc4ccoc4c3)cc2)C1.CN(c1ncnc2sc(CC(F)(F)F)cc12)[C@@H]1CC[C@H](NCc2ccc(I)cc2)C1.Cl. The smallest absolute Gasteiger partial charge is 0.463 e. The van der Waals surface area contributed by atoms with Crippen molar-refractivity contribution in [3.8, 4) is 11.1 Å². The Labute approximate surface area is 528 Å². The summed E-state index contributed by atoms with van der Waals surface area (Å²) in [5.74, 6) is 1.41. The van der Waals surface area contributed by atoms with Gasteiger partial charge in [-0.05, 0) is 142 Å². The van der Waals surface area contributed by atoms with Crippen molar-refractivity contribution in [2.24, 2.45) is 0 Å². The molecule has 14 nitrogen and oxygen atoms in total. The summed E-state index contributed by atoms with van der Waals surface area (Å²) < 4.78 is 101. The van der Waals surface area contributed by atoms with Gasteiger partial charge in [-0.25, -0.2) is 19.9 Å². The van der Waals surface area contributed by atoms with Crippen molar-refractivity contribution in [1.82, 2.24) is 40.5 Å². The van der Waals surface area contributed by atoms with Crippen LogP contribution in [0.1, 0.15) is 87.1 Å². The molecule has 0 bridgehead atoms. The fourth-order valence-electron chi connectivity index (χ4n) is 11.2. The molecule has 4 atom stereocenters. The molecule has 1 aliphatic heterocycles. The number of nitrogens with one attached hydrogen (secondary N) is 2. The van der Waals surface area contributed by atoms with Gasteiger partial charge in [-0.2, -0.15) is 26.3 Å². The lowest BCUT2D eigenvalue weighted by Crippen LogP contribution is -2.41. The Morgan fingerprint density at radius 1 is 0.586 bits per heavy atom. The van der Waals surface area contributed by atoms with E-state index in [1.807, 2.05) is 72.3 Å². The standard InChI is InChI=1S/C28H26F3N5OS.C21H22F3IN4S.C13H16BNO3.ClH/c1-36(26-23-12-22(13-28(29,30)31)38-27(23)35-16-34-26)21-7-6-20(11-21)32-14-17-2-4-18(5-3-17)19-10-25-24(33-15-19)8-9-37-25;1-29(16-7-6-15(8-16)26-11-13-2-4-14(25)5-3-13)19-18-9-17(10-21(22,23)24)30-20(18)28-12-27-19;1-12(2)13(3,4)18-14(17-12)9-7-11-10(15-8-9)5-6-16-11;/h2-5,8-10,12,15-16,20-21,32H,6-7,11,13-14H2,1H3;2-5,9,12,15-16,26H,6-8,10-11H2,1H3;5-8H,1-4H3;1H/t20-,21+;15-,16+;;/m00../s1. The summed E-state index contributed by atoms with van der Waals surface area (Å²) in [7, 11) is 3.57. The number of thiophene rings is 2. The third-order valence-electron chi connectivity index (χ3n) is 16.6. The van der Waals surface area contributed by atoms with Crippen LogP contribution in [0.5, 0.6) is 0 Å². The minimum absolute atomic E-state index is 0. The molecule has 0 spiro atoms. The molecule has 9 heterocycles. The summed E-state index contributed by atoms with van der Waals surface area (Å²) in [6, 6.07) is 29.1. The Hall–Kier alpha value is -6.00. The highest BCUT2D eigenvalue weighted by molar-refractivity contribution is 14.1. The molecule has 8 aromatic heterocycles. The number of halogens is 8. The molecule has 0 unspecified atom stereocenters. The number of hydrogen-bond donors (Lipinski definition) is 2. The number of nitrogens with zero attached hydrogens (tertiary/aromatic N) is 8. The minimum Gasteiger partial charge on any atom is -0.463 e. The number of pyridine rings is 2. The first kappa shape index (κ1) is 64.0. The molecule has 458 valence electrons. The Morgan fingerprint density at radius 2 is 1.05 bits per heavy atom. The first-order valence-corrected chi connectivity index (χ1v) is 31.1. The monoisotopic (exact) mass is 1360 g/mol. The lowest BCUT2D eigenvalue weighted by atomic mass is 9.80. The van der Waals surface area contributed by atoms with Crippen molar-refractivity contribution in [2.75, 3.05) is 23.9 Å². The maximum absolute atomic E-state index is 12.9. The molecule has 13 rings (SSSR count). The Balaban J connectivity index is 0.000000152. The van der Waals surface area contributed by atoms with Gasteiger partial charge in [-0.3, -0.25) is 9.97 Å². The quantitative estimate of drug-likeness (QED) is 0.0603. The number of benzene rings is 2. The number of alkyl halides is 6. The van der Waals surface area contributed by atoms with Crippen LogP contribution in [0, 0.1) is 3.57 Å². The second-order valence-corrected chi connectivity index (χ2v) is 26.6. The van der Waals surface area contributed by atoms with E-state index in [4.69, 9.17) is 18.1 Å². The first-order valence-electron chi connectivity index (χ1n) is 28.4. The Kier molecular flexibility index (Phi) is 19.6. The minimum atomic E-state index is -4.24. The highest BCUT2D eigenvalue weighted by Crippen LogP contribution is 2.40. The van der Waals surface area contributed by atoms with E-state index >= 15 is 0 Å². The summed E-state index contributed by atoms with van der Waals surface area (Å²) in [4.78, 5) is 32.0. The number of furan rings is 2. The fourth-order valence-corrected chi connectivity index (χ4v) is 13.6. The lowest BCUT2D eigenvalue weighted by Gasteiger charge is -2.32. The van der Waals surface area contributed by atoms with Crippen LogP contribution in [0.4, 0.5) is 38.0 Å². The predicted octanol–water partition coefficient (Wildman–Crippen LogP) is 14.8. The van der Waals surface area contributed by atoms with E-state index in [2.05, 4.69) is 121 Å². The molecule has 2 saturated carbocycles. The third kappa shape index (κ3) is 15.5. The molecule has 0 amide bonds. The third-order valence-corrected chi connectivity index (χ3v) is 19.4. The van der Waals surface area contributed by atoms with Gasteiger partial charge in [-0.15, -0.1) is 35.1 Å². The van der Waals surface area contributed by atoms with Crippen LogP contribution in [-0.4, -0.2) is 98.8 Å². The van der Waals surface area contributed by atoms with Gasteiger partial charge >= 0.3 is 19.5 Å². The van der Waals surface area contributed by atoms with Crippen LogP contribution in [0.15, 0.2) is 131 Å². The first-order chi connectivity index (χ1) is 41.0. The zero-order valence-corrected chi connectivity index (χ0v) is 53.2. The van der Waals surface area contributed by atoms with Crippen LogP contribution < -0.4 is 25.9 Å². The van der Waals surface area contributed by atoms with Gasteiger partial charge in [0.1, 0.15) is 45.0 Å². The van der Waals surface area contributed by atoms with E-state index in [9.17, 15) is 26.3 Å². The van der Waals surface area contributed by atoms with Crippen molar-refractivity contribution in [2.45, 2.75) is 140 Å². The van der Waals surface area contributed by atoms with E-state index < -0.39 is 32.3 Å². The summed E-state index contributed by atoms with van der Waals surface area (Å²) in [6.07, 6.45) is 5.49. The van der Waals surface area contributed by atoms with E-state index in [0.717, 1.165) is 113 Å². The van der Waals surface area contributed by atoms with Gasteiger partial charge in [0.15, 0.2) is 11.2 Å². The van der Waals surface area contributed by atoms with Gasteiger partial charge in [0, 0.05) is 100 Å². The number of fused-ring (bicyclic) bond motifs is 4. The molecule has 2 aromatic carbocycles. The summed E-state index contributed by atoms with van der Waals surface area (Å²) in [6.45, 7) is 9.73. The van der Waals surface area contributed by atoms with Crippen LogP contribution in [0.2, 0.25) is 0 Å². The van der Waals surface area contributed by atoms with Gasteiger partial charge < -0.3 is 38.6 Å². The molecule has 2 N–H and O–H groups in total. The summed E-state index contributed by atoms with van der Waals surface area (Å²) >= 11 is 4.48. The predicted molar refractivity (Wildman–Crippen MR) is 343 cm³/mol. The molecule has 0 radical (unpaired) electrons. The molecule has 25 heteroatoms. The highest BCUT2D eigenvalue weighted by Gasteiger charge is 2.52. The van der Waals surface area contributed by atoms with Crippen molar-refractivity contribution >= 4 is 125 Å².